The molecule has 0 atom stereocenters. The highest BCUT2D eigenvalue weighted by Gasteiger charge is 2.21. The van der Waals surface area contributed by atoms with E-state index in [9.17, 15) is 10.1 Å². The molecule has 2 aromatic heterocycles. The predicted molar refractivity (Wildman–Crippen MR) is 106 cm³/mol. The number of nitro groups is 1. The second kappa shape index (κ2) is 7.61. The third-order valence-electron chi connectivity index (χ3n) is 4.79. The molecule has 0 saturated carbocycles. The van der Waals surface area contributed by atoms with E-state index < -0.39 is 4.92 Å². The second-order valence-electron chi connectivity index (χ2n) is 6.68. The maximum Gasteiger partial charge on any atom is 0.368 e. The zero-order valence-corrected chi connectivity index (χ0v) is 16.2. The largest absolute Gasteiger partial charge is 0.368 e. The van der Waals surface area contributed by atoms with E-state index in [4.69, 9.17) is 0 Å². The molecule has 0 spiro atoms. The van der Waals surface area contributed by atoms with E-state index in [0.717, 1.165) is 36.9 Å². The fourth-order valence-corrected chi connectivity index (χ4v) is 3.62. The van der Waals surface area contributed by atoms with Gasteiger partial charge in [-0.2, -0.15) is 0 Å². The van der Waals surface area contributed by atoms with Gasteiger partial charge < -0.3 is 15.4 Å². The number of fused-ring (bicyclic) bond motifs is 1. The molecule has 3 aromatic rings. The van der Waals surface area contributed by atoms with E-state index >= 15 is 0 Å². The van der Waals surface area contributed by atoms with Crippen molar-refractivity contribution < 1.29 is 4.92 Å². The molecule has 1 N–H and O–H groups in total. The van der Waals surface area contributed by atoms with Crippen molar-refractivity contribution in [2.75, 3.05) is 18.4 Å². The highest BCUT2D eigenvalue weighted by Crippen LogP contribution is 2.20. The van der Waals surface area contributed by atoms with Crippen LogP contribution in [-0.4, -0.2) is 43.6 Å². The molecule has 0 radical (unpaired) electrons. The quantitative estimate of drug-likeness (QED) is 0.492. The molecule has 4 rings (SSSR count). The molecule has 1 saturated heterocycles. The zero-order valence-electron chi connectivity index (χ0n) is 14.6. The van der Waals surface area contributed by atoms with Crippen molar-refractivity contribution in [1.29, 1.82) is 0 Å². The number of nitrogens with one attached hydrogen (secondary N) is 1. The number of piperidine rings is 1. The third-order valence-corrected chi connectivity index (χ3v) is 5.32. The third kappa shape index (κ3) is 4.09. The number of nitrogens with zero attached hydrogens (tertiary/aromatic N) is 5. The summed E-state index contributed by atoms with van der Waals surface area (Å²) in [6, 6.07) is 12.3. The summed E-state index contributed by atoms with van der Waals surface area (Å²) < 4.78 is 2.36. The summed E-state index contributed by atoms with van der Waals surface area (Å²) in [6.07, 6.45) is 3.23. The van der Waals surface area contributed by atoms with Gasteiger partial charge >= 0.3 is 5.82 Å². The molecule has 27 heavy (non-hydrogen) atoms. The first-order valence-electron chi connectivity index (χ1n) is 8.81. The monoisotopic (exact) mass is 430 g/mol. The summed E-state index contributed by atoms with van der Waals surface area (Å²) in [6.45, 7) is 2.95. The number of anilines is 1. The van der Waals surface area contributed by atoms with Gasteiger partial charge in [0.1, 0.15) is 6.20 Å². The molecular formula is C18H19BrN6O2. The fourth-order valence-electron chi connectivity index (χ4n) is 3.36. The fraction of sp³-hybridized carbons (Fsp3) is 0.333. The number of rotatable bonds is 5. The van der Waals surface area contributed by atoms with Crippen LogP contribution >= 0.6 is 15.9 Å². The number of likely N-dealkylation sites (tertiary alicyclic amines) is 1. The van der Waals surface area contributed by atoms with Gasteiger partial charge in [-0.1, -0.05) is 37.7 Å². The number of aromatic nitrogens is 3. The lowest BCUT2D eigenvalue weighted by Gasteiger charge is -2.32. The van der Waals surface area contributed by atoms with Crippen LogP contribution in [0.1, 0.15) is 18.4 Å². The van der Waals surface area contributed by atoms with Crippen LogP contribution in [-0.2, 0) is 6.54 Å². The molecule has 8 nitrogen and oxygen atoms in total. The average molecular weight is 431 g/mol. The van der Waals surface area contributed by atoms with Crippen LogP contribution in [0, 0.1) is 10.1 Å². The second-order valence-corrected chi connectivity index (χ2v) is 7.60. The first kappa shape index (κ1) is 17.9. The van der Waals surface area contributed by atoms with Crippen LogP contribution in [0.25, 0.3) is 5.65 Å². The van der Waals surface area contributed by atoms with Gasteiger partial charge in [0, 0.05) is 36.2 Å². The highest BCUT2D eigenvalue weighted by atomic mass is 79.9. The Morgan fingerprint density at radius 2 is 1.93 bits per heavy atom. The summed E-state index contributed by atoms with van der Waals surface area (Å²) >= 11 is 3.46. The molecule has 0 bridgehead atoms. The van der Waals surface area contributed by atoms with Gasteiger partial charge in [-0.05, 0) is 41.5 Å². The minimum Gasteiger partial charge on any atom is -0.364 e. The first-order valence-corrected chi connectivity index (χ1v) is 9.60. The van der Waals surface area contributed by atoms with Gasteiger partial charge in [-0.3, -0.25) is 4.90 Å². The molecule has 0 aliphatic carbocycles. The van der Waals surface area contributed by atoms with E-state index in [0.29, 0.717) is 17.5 Å². The van der Waals surface area contributed by atoms with Gasteiger partial charge in [-0.25, -0.2) is 4.98 Å². The minimum absolute atomic E-state index is 0.127. The maximum absolute atomic E-state index is 11.1. The van der Waals surface area contributed by atoms with E-state index in [1.165, 1.54) is 16.3 Å². The summed E-state index contributed by atoms with van der Waals surface area (Å²) in [4.78, 5) is 17.0. The number of imidazole rings is 1. The Labute approximate surface area is 164 Å². The Kier molecular flexibility index (Phi) is 5.04. The van der Waals surface area contributed by atoms with Crippen molar-refractivity contribution in [2.45, 2.75) is 25.4 Å². The Hall–Kier alpha value is -2.52. The van der Waals surface area contributed by atoms with Crippen LogP contribution in [0.3, 0.4) is 0 Å². The van der Waals surface area contributed by atoms with Crippen molar-refractivity contribution in [3.8, 4) is 0 Å². The SMILES string of the molecule is O=[N+]([O-])c1cnc2ccc(NC3CCN(Cc4ccc(Br)cc4)CC3)nn12. The summed E-state index contributed by atoms with van der Waals surface area (Å²) in [7, 11) is 0. The van der Waals surface area contributed by atoms with Gasteiger partial charge in [0.2, 0.25) is 5.65 Å². The lowest BCUT2D eigenvalue weighted by Crippen LogP contribution is -2.38. The number of hydrogen-bond donors (Lipinski definition) is 1. The minimum atomic E-state index is -0.475. The molecule has 1 fully saturated rings. The van der Waals surface area contributed by atoms with Crippen molar-refractivity contribution in [3.05, 3.63) is 62.7 Å². The lowest BCUT2D eigenvalue weighted by atomic mass is 10.0. The Morgan fingerprint density at radius 3 is 2.63 bits per heavy atom. The normalized spacial score (nSPS) is 15.9. The summed E-state index contributed by atoms with van der Waals surface area (Å²) in [5.74, 6) is 0.507. The molecular weight excluding hydrogens is 412 g/mol. The molecule has 0 unspecified atom stereocenters. The van der Waals surface area contributed by atoms with Gasteiger partial charge in [0.25, 0.3) is 0 Å². The van der Waals surface area contributed by atoms with E-state index in [1.54, 1.807) is 6.07 Å². The number of benzene rings is 1. The van der Waals surface area contributed by atoms with E-state index in [1.807, 2.05) is 6.07 Å². The topological polar surface area (TPSA) is 88.6 Å². The van der Waals surface area contributed by atoms with Crippen LogP contribution in [0.5, 0.6) is 0 Å². The van der Waals surface area contributed by atoms with Gasteiger partial charge in [-0.15, -0.1) is 0 Å². The first-order chi connectivity index (χ1) is 13.1. The summed E-state index contributed by atoms with van der Waals surface area (Å²) in [5.41, 5.74) is 1.78. The predicted octanol–water partition coefficient (Wildman–Crippen LogP) is 3.48. The Bertz CT molecular complexity index is 950. The number of hydrogen-bond acceptors (Lipinski definition) is 6. The van der Waals surface area contributed by atoms with Crippen molar-refractivity contribution in [2.24, 2.45) is 0 Å². The maximum atomic E-state index is 11.1. The zero-order chi connectivity index (χ0) is 18.8. The summed E-state index contributed by atoms with van der Waals surface area (Å²) in [5, 5.41) is 18.8. The smallest absolute Gasteiger partial charge is 0.364 e. The Morgan fingerprint density at radius 1 is 1.19 bits per heavy atom. The van der Waals surface area contributed by atoms with Crippen LogP contribution in [0.15, 0.2) is 47.1 Å². The van der Waals surface area contributed by atoms with Crippen molar-refractivity contribution in [1.82, 2.24) is 19.5 Å². The molecule has 140 valence electrons. The van der Waals surface area contributed by atoms with E-state index in [2.05, 4.69) is 60.5 Å². The molecule has 0 amide bonds. The average Bonchev–Trinajstić information content (AvgIpc) is 3.09. The number of halogens is 1. The molecule has 1 aromatic carbocycles. The van der Waals surface area contributed by atoms with Crippen LogP contribution < -0.4 is 5.32 Å². The van der Waals surface area contributed by atoms with Crippen LogP contribution in [0.4, 0.5) is 11.6 Å². The molecule has 1 aliphatic heterocycles. The Balaban J connectivity index is 1.36. The molecule has 9 heteroatoms. The van der Waals surface area contributed by atoms with Crippen molar-refractivity contribution in [3.63, 3.8) is 0 Å². The highest BCUT2D eigenvalue weighted by molar-refractivity contribution is 9.10. The molecule has 3 heterocycles. The standard InChI is InChI=1S/C18H19BrN6O2/c19-14-3-1-13(2-4-14)12-23-9-7-15(8-10-23)21-16-5-6-17-20-11-18(25(26)27)24(17)22-16/h1-6,11,15H,7-10,12H2,(H,21,22). The van der Waals surface area contributed by atoms with Gasteiger partial charge in [0.15, 0.2) is 5.82 Å². The van der Waals surface area contributed by atoms with Crippen LogP contribution in [0.2, 0.25) is 0 Å². The molecule has 1 aliphatic rings. The van der Waals surface area contributed by atoms with E-state index in [-0.39, 0.29) is 5.82 Å². The van der Waals surface area contributed by atoms with Gasteiger partial charge in [0.05, 0.1) is 0 Å². The van der Waals surface area contributed by atoms with Crippen molar-refractivity contribution >= 4 is 33.2 Å². The lowest BCUT2D eigenvalue weighted by molar-refractivity contribution is -0.391.